The van der Waals surface area contributed by atoms with Gasteiger partial charge in [0, 0.05) is 18.8 Å². The molecule has 0 atom stereocenters. The Balaban J connectivity index is 2.22. The second-order valence-electron chi connectivity index (χ2n) is 4.49. The first-order valence-corrected chi connectivity index (χ1v) is 5.53. The van der Waals surface area contributed by atoms with Crippen LogP contribution in [0.1, 0.15) is 46.0 Å². The van der Waals surface area contributed by atoms with Crippen molar-refractivity contribution in [3.63, 3.8) is 0 Å². The molecular weight excluding hydrogens is 162 g/mol. The van der Waals surface area contributed by atoms with Crippen molar-refractivity contribution in [2.75, 3.05) is 13.2 Å². The third-order valence-electron chi connectivity index (χ3n) is 3.22. The normalized spacial score (nSPS) is 34.8. The molecular formula is C11H23NO. The van der Waals surface area contributed by atoms with E-state index < -0.39 is 0 Å². The van der Waals surface area contributed by atoms with Crippen LogP contribution in [0.3, 0.4) is 0 Å². The zero-order valence-corrected chi connectivity index (χ0v) is 9.01. The van der Waals surface area contributed by atoms with Crippen LogP contribution in [-0.2, 0) is 4.74 Å². The molecule has 1 fully saturated rings. The lowest BCUT2D eigenvalue weighted by Crippen LogP contribution is -2.43. The highest BCUT2D eigenvalue weighted by molar-refractivity contribution is 4.88. The number of rotatable bonds is 4. The molecule has 0 saturated heterocycles. The molecule has 2 nitrogen and oxygen atoms in total. The molecule has 1 saturated carbocycles. The van der Waals surface area contributed by atoms with Crippen LogP contribution in [0.4, 0.5) is 0 Å². The Morgan fingerprint density at radius 1 is 1.38 bits per heavy atom. The van der Waals surface area contributed by atoms with Crippen LogP contribution < -0.4 is 5.73 Å². The minimum absolute atomic E-state index is 0.0850. The summed E-state index contributed by atoms with van der Waals surface area (Å²) in [6.07, 6.45) is 5.99. The Morgan fingerprint density at radius 3 is 2.54 bits per heavy atom. The lowest BCUT2D eigenvalue weighted by molar-refractivity contribution is 0.110. The zero-order valence-electron chi connectivity index (χ0n) is 9.01. The lowest BCUT2D eigenvalue weighted by atomic mass is 9.76. The molecule has 0 spiro atoms. The minimum Gasteiger partial charge on any atom is -0.382 e. The molecule has 0 bridgehead atoms. The predicted octanol–water partition coefficient (Wildman–Crippen LogP) is 2.32. The SMILES string of the molecule is CCOCCC1(N)CCC(C)CC1. The van der Waals surface area contributed by atoms with Gasteiger partial charge in [-0.25, -0.2) is 0 Å². The highest BCUT2D eigenvalue weighted by atomic mass is 16.5. The second kappa shape index (κ2) is 4.97. The van der Waals surface area contributed by atoms with E-state index in [4.69, 9.17) is 10.5 Å². The smallest absolute Gasteiger partial charge is 0.0483 e. The molecule has 0 aromatic heterocycles. The molecule has 1 rings (SSSR count). The van der Waals surface area contributed by atoms with Crippen molar-refractivity contribution in [3.8, 4) is 0 Å². The van der Waals surface area contributed by atoms with Crippen LogP contribution in [0.2, 0.25) is 0 Å². The zero-order chi connectivity index (χ0) is 9.73. The molecule has 13 heavy (non-hydrogen) atoms. The van der Waals surface area contributed by atoms with Crippen LogP contribution in [0.25, 0.3) is 0 Å². The summed E-state index contributed by atoms with van der Waals surface area (Å²) in [6.45, 7) is 6.00. The Morgan fingerprint density at radius 2 is 2.00 bits per heavy atom. The first-order chi connectivity index (χ1) is 6.16. The van der Waals surface area contributed by atoms with E-state index in [1.165, 1.54) is 25.7 Å². The molecule has 78 valence electrons. The maximum atomic E-state index is 6.28. The van der Waals surface area contributed by atoms with E-state index in [1.54, 1.807) is 0 Å². The predicted molar refractivity (Wildman–Crippen MR) is 55.7 cm³/mol. The fourth-order valence-corrected chi connectivity index (χ4v) is 2.01. The third kappa shape index (κ3) is 3.65. The molecule has 0 radical (unpaired) electrons. The van der Waals surface area contributed by atoms with E-state index in [1.807, 2.05) is 6.92 Å². The Bertz CT molecular complexity index is 139. The van der Waals surface area contributed by atoms with Crippen molar-refractivity contribution in [3.05, 3.63) is 0 Å². The molecule has 0 heterocycles. The van der Waals surface area contributed by atoms with Crippen molar-refractivity contribution in [2.45, 2.75) is 51.5 Å². The van der Waals surface area contributed by atoms with Gasteiger partial charge in [0.2, 0.25) is 0 Å². The van der Waals surface area contributed by atoms with Gasteiger partial charge in [0.05, 0.1) is 0 Å². The summed E-state index contributed by atoms with van der Waals surface area (Å²) in [5.74, 6) is 0.878. The average molecular weight is 185 g/mol. The maximum absolute atomic E-state index is 6.28. The quantitative estimate of drug-likeness (QED) is 0.682. The van der Waals surface area contributed by atoms with E-state index in [2.05, 4.69) is 6.92 Å². The molecule has 1 aliphatic carbocycles. The highest BCUT2D eigenvalue weighted by Crippen LogP contribution is 2.32. The molecule has 0 aliphatic heterocycles. The molecule has 0 aromatic rings. The number of hydrogen-bond acceptors (Lipinski definition) is 2. The Labute approximate surface area is 81.8 Å². The molecule has 2 N–H and O–H groups in total. The first kappa shape index (κ1) is 11.0. The maximum Gasteiger partial charge on any atom is 0.0483 e. The Kier molecular flexibility index (Phi) is 4.20. The van der Waals surface area contributed by atoms with Crippen molar-refractivity contribution < 1.29 is 4.74 Å². The van der Waals surface area contributed by atoms with Crippen LogP contribution in [0, 0.1) is 5.92 Å². The van der Waals surface area contributed by atoms with Gasteiger partial charge < -0.3 is 10.5 Å². The first-order valence-electron chi connectivity index (χ1n) is 5.53. The van der Waals surface area contributed by atoms with Crippen LogP contribution in [-0.4, -0.2) is 18.8 Å². The summed E-state index contributed by atoms with van der Waals surface area (Å²) in [4.78, 5) is 0. The van der Waals surface area contributed by atoms with Crippen LogP contribution >= 0.6 is 0 Å². The standard InChI is InChI=1S/C11H23NO/c1-3-13-9-8-11(12)6-4-10(2)5-7-11/h10H,3-9,12H2,1-2H3. The fraction of sp³-hybridized carbons (Fsp3) is 1.00. The fourth-order valence-electron chi connectivity index (χ4n) is 2.01. The van der Waals surface area contributed by atoms with Crippen molar-refractivity contribution >= 4 is 0 Å². The van der Waals surface area contributed by atoms with E-state index in [9.17, 15) is 0 Å². The summed E-state index contributed by atoms with van der Waals surface area (Å²) in [6, 6.07) is 0. The molecule has 0 amide bonds. The van der Waals surface area contributed by atoms with Gasteiger partial charge in [0.15, 0.2) is 0 Å². The van der Waals surface area contributed by atoms with Gasteiger partial charge in [-0.15, -0.1) is 0 Å². The van der Waals surface area contributed by atoms with Gasteiger partial charge >= 0.3 is 0 Å². The van der Waals surface area contributed by atoms with E-state index in [-0.39, 0.29) is 5.54 Å². The van der Waals surface area contributed by atoms with Gasteiger partial charge in [-0.05, 0) is 44.9 Å². The minimum atomic E-state index is 0.0850. The van der Waals surface area contributed by atoms with Gasteiger partial charge in [-0.3, -0.25) is 0 Å². The summed E-state index contributed by atoms with van der Waals surface area (Å²) in [5.41, 5.74) is 6.37. The molecule has 2 heteroatoms. The molecule has 0 unspecified atom stereocenters. The van der Waals surface area contributed by atoms with Gasteiger partial charge in [-0.1, -0.05) is 6.92 Å². The van der Waals surface area contributed by atoms with E-state index in [0.717, 1.165) is 25.6 Å². The lowest BCUT2D eigenvalue weighted by Gasteiger charge is -2.36. The largest absolute Gasteiger partial charge is 0.382 e. The summed E-state index contributed by atoms with van der Waals surface area (Å²) in [5, 5.41) is 0. The van der Waals surface area contributed by atoms with E-state index in [0.29, 0.717) is 0 Å². The summed E-state index contributed by atoms with van der Waals surface area (Å²) in [7, 11) is 0. The second-order valence-corrected chi connectivity index (χ2v) is 4.49. The summed E-state index contributed by atoms with van der Waals surface area (Å²) >= 11 is 0. The topological polar surface area (TPSA) is 35.2 Å². The van der Waals surface area contributed by atoms with Crippen molar-refractivity contribution in [1.29, 1.82) is 0 Å². The number of hydrogen-bond donors (Lipinski definition) is 1. The number of nitrogens with two attached hydrogens (primary N) is 1. The highest BCUT2D eigenvalue weighted by Gasteiger charge is 2.29. The Hall–Kier alpha value is -0.0800. The summed E-state index contributed by atoms with van der Waals surface area (Å²) < 4.78 is 5.35. The number of ether oxygens (including phenoxy) is 1. The third-order valence-corrected chi connectivity index (χ3v) is 3.22. The van der Waals surface area contributed by atoms with Gasteiger partial charge in [0.25, 0.3) is 0 Å². The van der Waals surface area contributed by atoms with Crippen molar-refractivity contribution in [2.24, 2.45) is 11.7 Å². The molecule has 0 aromatic carbocycles. The van der Waals surface area contributed by atoms with Gasteiger partial charge in [0.1, 0.15) is 0 Å². The van der Waals surface area contributed by atoms with Gasteiger partial charge in [-0.2, -0.15) is 0 Å². The van der Waals surface area contributed by atoms with Crippen molar-refractivity contribution in [1.82, 2.24) is 0 Å². The van der Waals surface area contributed by atoms with E-state index >= 15 is 0 Å². The average Bonchev–Trinajstić information content (AvgIpc) is 2.12. The van der Waals surface area contributed by atoms with Crippen LogP contribution in [0.15, 0.2) is 0 Å². The van der Waals surface area contributed by atoms with Crippen LogP contribution in [0.5, 0.6) is 0 Å². The molecule has 1 aliphatic rings. The monoisotopic (exact) mass is 185 g/mol.